The maximum Gasteiger partial charge on any atom is 0.265 e. The fourth-order valence-corrected chi connectivity index (χ4v) is 1.40. The van der Waals surface area contributed by atoms with Crippen LogP contribution in [0, 0.1) is 6.92 Å². The van der Waals surface area contributed by atoms with Crippen molar-refractivity contribution in [3.8, 4) is 0 Å². The SMILES string of the molecule is Cc1nnsc1C(=O)NCC(C)(C)N. The molecule has 1 aromatic heterocycles. The zero-order valence-electron chi connectivity index (χ0n) is 8.50. The average molecular weight is 214 g/mol. The number of carbonyl (C=O) groups excluding carboxylic acids is 1. The topological polar surface area (TPSA) is 80.9 Å². The Kier molecular flexibility index (Phi) is 3.17. The molecule has 5 nitrogen and oxygen atoms in total. The predicted octanol–water partition coefficient (Wildman–Crippen LogP) is 0.314. The zero-order chi connectivity index (χ0) is 10.8. The standard InChI is InChI=1S/C8H14N4OS/c1-5-6(14-12-11-5)7(13)10-4-8(2,3)9/h4,9H2,1-3H3,(H,10,13). The second-order valence-corrected chi connectivity index (χ2v) is 4.61. The molecule has 0 bridgehead atoms. The zero-order valence-corrected chi connectivity index (χ0v) is 9.31. The Labute approximate surface area is 86.9 Å². The Hall–Kier alpha value is -1.01. The van der Waals surface area contributed by atoms with Gasteiger partial charge in [0, 0.05) is 12.1 Å². The molecule has 0 fully saturated rings. The lowest BCUT2D eigenvalue weighted by atomic mass is 10.1. The molecule has 0 atom stereocenters. The molecule has 3 N–H and O–H groups in total. The highest BCUT2D eigenvalue weighted by Gasteiger charge is 2.16. The van der Waals surface area contributed by atoms with Crippen LogP contribution in [-0.4, -0.2) is 27.6 Å². The van der Waals surface area contributed by atoms with Gasteiger partial charge in [-0.1, -0.05) is 4.49 Å². The summed E-state index contributed by atoms with van der Waals surface area (Å²) in [5, 5.41) is 6.49. The van der Waals surface area contributed by atoms with E-state index in [-0.39, 0.29) is 5.91 Å². The van der Waals surface area contributed by atoms with Crippen LogP contribution in [0.3, 0.4) is 0 Å². The van der Waals surface area contributed by atoms with Gasteiger partial charge < -0.3 is 11.1 Å². The highest BCUT2D eigenvalue weighted by Crippen LogP contribution is 2.08. The molecular weight excluding hydrogens is 200 g/mol. The number of hydrogen-bond donors (Lipinski definition) is 2. The number of aromatic nitrogens is 2. The Morgan fingerprint density at radius 2 is 2.29 bits per heavy atom. The Morgan fingerprint density at radius 3 is 2.71 bits per heavy atom. The van der Waals surface area contributed by atoms with E-state index in [1.165, 1.54) is 0 Å². The van der Waals surface area contributed by atoms with Gasteiger partial charge >= 0.3 is 0 Å². The number of nitrogens with zero attached hydrogens (tertiary/aromatic N) is 2. The third-order valence-corrected chi connectivity index (χ3v) is 2.39. The van der Waals surface area contributed by atoms with Crippen molar-refractivity contribution in [2.75, 3.05) is 6.54 Å². The Bertz CT molecular complexity index is 328. The van der Waals surface area contributed by atoms with Crippen molar-refractivity contribution < 1.29 is 4.79 Å². The maximum atomic E-state index is 11.5. The van der Waals surface area contributed by atoms with Crippen molar-refractivity contribution in [3.63, 3.8) is 0 Å². The molecular formula is C8H14N4OS. The van der Waals surface area contributed by atoms with Crippen LogP contribution in [0.15, 0.2) is 0 Å². The molecule has 0 radical (unpaired) electrons. The number of carbonyl (C=O) groups is 1. The summed E-state index contributed by atoms with van der Waals surface area (Å²) in [6.07, 6.45) is 0. The van der Waals surface area contributed by atoms with Crippen LogP contribution in [0.4, 0.5) is 0 Å². The molecule has 0 aliphatic carbocycles. The molecule has 1 rings (SSSR count). The van der Waals surface area contributed by atoms with Crippen LogP contribution >= 0.6 is 11.5 Å². The van der Waals surface area contributed by atoms with Crippen molar-refractivity contribution in [2.24, 2.45) is 5.73 Å². The minimum absolute atomic E-state index is 0.156. The normalized spacial score (nSPS) is 11.4. The molecule has 78 valence electrons. The molecule has 0 aliphatic rings. The first-order chi connectivity index (χ1) is 6.40. The number of nitrogens with one attached hydrogen (secondary N) is 1. The van der Waals surface area contributed by atoms with Crippen molar-refractivity contribution in [3.05, 3.63) is 10.6 Å². The van der Waals surface area contributed by atoms with E-state index in [1.807, 2.05) is 13.8 Å². The minimum Gasteiger partial charge on any atom is -0.349 e. The van der Waals surface area contributed by atoms with E-state index >= 15 is 0 Å². The third-order valence-electron chi connectivity index (χ3n) is 1.56. The molecule has 0 unspecified atom stereocenters. The summed E-state index contributed by atoms with van der Waals surface area (Å²) in [4.78, 5) is 12.1. The Morgan fingerprint density at radius 1 is 1.64 bits per heavy atom. The van der Waals surface area contributed by atoms with E-state index in [1.54, 1.807) is 6.92 Å². The molecule has 1 aromatic rings. The first-order valence-electron chi connectivity index (χ1n) is 4.26. The highest BCUT2D eigenvalue weighted by atomic mass is 32.1. The van der Waals surface area contributed by atoms with Gasteiger partial charge in [0.05, 0.1) is 5.69 Å². The van der Waals surface area contributed by atoms with E-state index in [0.29, 0.717) is 17.1 Å². The fraction of sp³-hybridized carbons (Fsp3) is 0.625. The van der Waals surface area contributed by atoms with Crippen LogP contribution in [0.5, 0.6) is 0 Å². The first-order valence-corrected chi connectivity index (χ1v) is 5.03. The number of nitrogens with two attached hydrogens (primary N) is 1. The summed E-state index contributed by atoms with van der Waals surface area (Å²) in [6.45, 7) is 5.89. The molecule has 0 aromatic carbocycles. The largest absolute Gasteiger partial charge is 0.349 e. The van der Waals surface area contributed by atoms with Gasteiger partial charge in [-0.15, -0.1) is 5.10 Å². The number of aryl methyl sites for hydroxylation is 1. The van der Waals surface area contributed by atoms with E-state index in [4.69, 9.17) is 5.73 Å². The third kappa shape index (κ3) is 3.04. The smallest absolute Gasteiger partial charge is 0.265 e. The van der Waals surface area contributed by atoms with Gasteiger partial charge in [0.25, 0.3) is 5.91 Å². The van der Waals surface area contributed by atoms with Crippen molar-refractivity contribution in [1.82, 2.24) is 14.9 Å². The van der Waals surface area contributed by atoms with E-state index < -0.39 is 5.54 Å². The van der Waals surface area contributed by atoms with Crippen LogP contribution in [-0.2, 0) is 0 Å². The molecule has 0 saturated carbocycles. The summed E-state index contributed by atoms with van der Waals surface area (Å²) in [5.41, 5.74) is 5.99. The second kappa shape index (κ2) is 4.02. The summed E-state index contributed by atoms with van der Waals surface area (Å²) >= 11 is 1.09. The average Bonchev–Trinajstić information content (AvgIpc) is 2.46. The van der Waals surface area contributed by atoms with Crippen LogP contribution in [0.2, 0.25) is 0 Å². The first kappa shape index (κ1) is 11.1. The lowest BCUT2D eigenvalue weighted by molar-refractivity contribution is 0.0949. The quantitative estimate of drug-likeness (QED) is 0.759. The summed E-state index contributed by atoms with van der Waals surface area (Å²) in [5.74, 6) is -0.156. The lowest BCUT2D eigenvalue weighted by Gasteiger charge is -2.18. The summed E-state index contributed by atoms with van der Waals surface area (Å²) in [6, 6.07) is 0. The van der Waals surface area contributed by atoms with Gasteiger partial charge in [-0.3, -0.25) is 4.79 Å². The predicted molar refractivity (Wildman–Crippen MR) is 55.2 cm³/mol. The van der Waals surface area contributed by atoms with Crippen LogP contribution in [0.1, 0.15) is 29.2 Å². The maximum absolute atomic E-state index is 11.5. The van der Waals surface area contributed by atoms with Gasteiger partial charge in [0.2, 0.25) is 0 Å². The molecule has 6 heteroatoms. The number of rotatable bonds is 3. The molecule has 0 saturated heterocycles. The van der Waals surface area contributed by atoms with Crippen molar-refractivity contribution in [1.29, 1.82) is 0 Å². The monoisotopic (exact) mass is 214 g/mol. The van der Waals surface area contributed by atoms with Crippen LogP contribution in [0.25, 0.3) is 0 Å². The van der Waals surface area contributed by atoms with E-state index in [9.17, 15) is 4.79 Å². The van der Waals surface area contributed by atoms with E-state index in [2.05, 4.69) is 14.9 Å². The molecule has 0 aliphatic heterocycles. The summed E-state index contributed by atoms with van der Waals surface area (Å²) < 4.78 is 3.69. The highest BCUT2D eigenvalue weighted by molar-refractivity contribution is 7.07. The van der Waals surface area contributed by atoms with E-state index in [0.717, 1.165) is 11.5 Å². The minimum atomic E-state index is -0.401. The second-order valence-electron chi connectivity index (χ2n) is 3.86. The van der Waals surface area contributed by atoms with Gasteiger partial charge in [-0.25, -0.2) is 0 Å². The van der Waals surface area contributed by atoms with Crippen molar-refractivity contribution in [2.45, 2.75) is 26.3 Å². The Balaban J connectivity index is 2.56. The molecule has 1 amide bonds. The molecule has 0 spiro atoms. The number of hydrogen-bond acceptors (Lipinski definition) is 5. The summed E-state index contributed by atoms with van der Waals surface area (Å²) in [7, 11) is 0. The number of amides is 1. The van der Waals surface area contributed by atoms with Gasteiger partial charge in [-0.05, 0) is 32.3 Å². The van der Waals surface area contributed by atoms with Crippen molar-refractivity contribution >= 4 is 17.4 Å². The molecule has 14 heavy (non-hydrogen) atoms. The fourth-order valence-electron chi connectivity index (χ4n) is 0.828. The van der Waals surface area contributed by atoms with Gasteiger partial charge in [0.1, 0.15) is 4.88 Å². The van der Waals surface area contributed by atoms with Crippen LogP contribution < -0.4 is 11.1 Å². The van der Waals surface area contributed by atoms with Gasteiger partial charge in [-0.2, -0.15) is 0 Å². The van der Waals surface area contributed by atoms with Gasteiger partial charge in [0.15, 0.2) is 0 Å². The molecule has 1 heterocycles. The lowest BCUT2D eigenvalue weighted by Crippen LogP contribution is -2.45.